The Morgan fingerprint density at radius 1 is 1.47 bits per heavy atom. The van der Waals surface area contributed by atoms with Gasteiger partial charge >= 0.3 is 0 Å². The minimum Gasteiger partial charge on any atom is -0.313 e. The summed E-state index contributed by atoms with van der Waals surface area (Å²) in [6.07, 6.45) is 2.08. The molecule has 1 aromatic carbocycles. The van der Waals surface area contributed by atoms with Gasteiger partial charge < -0.3 is 4.90 Å². The summed E-state index contributed by atoms with van der Waals surface area (Å²) in [5.41, 5.74) is 0.878. The number of hydrogen-bond donors (Lipinski definition) is 0. The lowest BCUT2D eigenvalue weighted by Gasteiger charge is -2.21. The van der Waals surface area contributed by atoms with Gasteiger partial charge in [-0.15, -0.1) is 0 Å². The molecule has 0 unspecified atom stereocenters. The van der Waals surface area contributed by atoms with E-state index in [1.54, 1.807) is 11.8 Å². The van der Waals surface area contributed by atoms with Crippen LogP contribution in [0.5, 0.6) is 0 Å². The number of amides is 1. The second-order valence-electron chi connectivity index (χ2n) is 3.50. The number of halogens is 1. The van der Waals surface area contributed by atoms with E-state index in [-0.39, 0.29) is 5.91 Å². The number of rotatable bonds is 4. The van der Waals surface area contributed by atoms with Crippen LogP contribution in [-0.4, -0.2) is 12.5 Å². The highest BCUT2D eigenvalue weighted by atomic mass is 35.5. The fourth-order valence-corrected chi connectivity index (χ4v) is 1.61. The Morgan fingerprint density at radius 2 is 2.20 bits per heavy atom. The van der Waals surface area contributed by atoms with Gasteiger partial charge in [-0.2, -0.15) is 0 Å². The molecule has 2 nitrogen and oxygen atoms in total. The van der Waals surface area contributed by atoms with Gasteiger partial charge in [-0.1, -0.05) is 31.0 Å². The molecule has 0 aliphatic rings. The maximum absolute atomic E-state index is 11.4. The van der Waals surface area contributed by atoms with Crippen LogP contribution in [0.25, 0.3) is 0 Å². The predicted octanol–water partition coefficient (Wildman–Crippen LogP) is 3.49. The fourth-order valence-electron chi connectivity index (χ4n) is 1.43. The van der Waals surface area contributed by atoms with E-state index < -0.39 is 0 Å². The van der Waals surface area contributed by atoms with E-state index in [9.17, 15) is 4.79 Å². The summed E-state index contributed by atoms with van der Waals surface area (Å²) >= 11 is 5.89. The van der Waals surface area contributed by atoms with Gasteiger partial charge in [0.15, 0.2) is 0 Å². The Morgan fingerprint density at radius 3 is 2.73 bits per heavy atom. The van der Waals surface area contributed by atoms with Crippen molar-refractivity contribution in [2.75, 3.05) is 11.4 Å². The predicted molar refractivity (Wildman–Crippen MR) is 64.4 cm³/mol. The molecule has 1 amide bonds. The molecule has 0 aliphatic heterocycles. The molecule has 0 radical (unpaired) electrons. The maximum Gasteiger partial charge on any atom is 0.223 e. The third-order valence-electron chi connectivity index (χ3n) is 2.24. The lowest BCUT2D eigenvalue weighted by atomic mass is 10.2. The summed E-state index contributed by atoms with van der Waals surface area (Å²) in [5, 5.41) is 0.662. The standard InChI is InChI=1S/C12H16ClNO/c1-3-4-8-14(10(2)15)12-7-5-6-11(13)9-12/h5-7,9H,3-4,8H2,1-2H3. The van der Waals surface area contributed by atoms with Crippen molar-refractivity contribution >= 4 is 23.2 Å². The summed E-state index contributed by atoms with van der Waals surface area (Å²) in [6, 6.07) is 7.39. The van der Waals surface area contributed by atoms with Gasteiger partial charge in [0.05, 0.1) is 0 Å². The largest absolute Gasteiger partial charge is 0.313 e. The Hall–Kier alpha value is -1.02. The van der Waals surface area contributed by atoms with E-state index >= 15 is 0 Å². The molecule has 1 rings (SSSR count). The molecule has 0 saturated heterocycles. The maximum atomic E-state index is 11.4. The number of unbranched alkanes of at least 4 members (excludes halogenated alkanes) is 1. The number of nitrogens with zero attached hydrogens (tertiary/aromatic N) is 1. The molecule has 0 bridgehead atoms. The number of hydrogen-bond acceptors (Lipinski definition) is 1. The Bertz CT molecular complexity index is 338. The fraction of sp³-hybridized carbons (Fsp3) is 0.417. The zero-order valence-corrected chi connectivity index (χ0v) is 9.92. The number of benzene rings is 1. The highest BCUT2D eigenvalue weighted by Gasteiger charge is 2.10. The van der Waals surface area contributed by atoms with Crippen molar-refractivity contribution in [3.63, 3.8) is 0 Å². The Kier molecular flexibility index (Phi) is 4.63. The molecule has 3 heteroatoms. The molecule has 0 heterocycles. The second-order valence-corrected chi connectivity index (χ2v) is 3.94. The average Bonchev–Trinajstić information content (AvgIpc) is 2.18. The normalized spacial score (nSPS) is 10.1. The molecule has 15 heavy (non-hydrogen) atoms. The molecule has 0 spiro atoms. The molecule has 82 valence electrons. The summed E-state index contributed by atoms with van der Waals surface area (Å²) in [4.78, 5) is 13.2. The van der Waals surface area contributed by atoms with Crippen molar-refractivity contribution < 1.29 is 4.79 Å². The molecular formula is C12H16ClNO. The molecule has 0 aliphatic carbocycles. The van der Waals surface area contributed by atoms with E-state index in [1.807, 2.05) is 24.3 Å². The number of anilines is 1. The molecular weight excluding hydrogens is 210 g/mol. The van der Waals surface area contributed by atoms with Crippen LogP contribution in [0.2, 0.25) is 5.02 Å². The average molecular weight is 226 g/mol. The van der Waals surface area contributed by atoms with Gasteiger partial charge in [0.25, 0.3) is 0 Å². The quantitative estimate of drug-likeness (QED) is 0.768. The summed E-state index contributed by atoms with van der Waals surface area (Å²) in [7, 11) is 0. The zero-order chi connectivity index (χ0) is 11.3. The molecule has 0 atom stereocenters. The third-order valence-corrected chi connectivity index (χ3v) is 2.47. The van der Waals surface area contributed by atoms with Gasteiger partial charge in [0, 0.05) is 24.2 Å². The van der Waals surface area contributed by atoms with Gasteiger partial charge in [0.2, 0.25) is 5.91 Å². The zero-order valence-electron chi connectivity index (χ0n) is 9.16. The van der Waals surface area contributed by atoms with Crippen LogP contribution in [0.3, 0.4) is 0 Å². The highest BCUT2D eigenvalue weighted by Crippen LogP contribution is 2.20. The van der Waals surface area contributed by atoms with Crippen molar-refractivity contribution in [1.82, 2.24) is 0 Å². The van der Waals surface area contributed by atoms with Crippen LogP contribution in [0.15, 0.2) is 24.3 Å². The summed E-state index contributed by atoms with van der Waals surface area (Å²) in [5.74, 6) is 0.0608. The first-order valence-corrected chi connectivity index (χ1v) is 5.56. The van der Waals surface area contributed by atoms with Gasteiger partial charge in [-0.05, 0) is 24.6 Å². The van der Waals surface area contributed by atoms with E-state index in [0.717, 1.165) is 25.1 Å². The first-order chi connectivity index (χ1) is 7.15. The molecule has 0 N–H and O–H groups in total. The molecule has 1 aromatic rings. The van der Waals surface area contributed by atoms with E-state index in [4.69, 9.17) is 11.6 Å². The van der Waals surface area contributed by atoms with E-state index in [2.05, 4.69) is 6.92 Å². The van der Waals surface area contributed by atoms with Crippen LogP contribution in [0.1, 0.15) is 26.7 Å². The molecule has 0 aromatic heterocycles. The molecule has 0 fully saturated rings. The van der Waals surface area contributed by atoms with Crippen molar-refractivity contribution in [2.45, 2.75) is 26.7 Å². The first-order valence-electron chi connectivity index (χ1n) is 5.19. The Labute approximate surface area is 95.8 Å². The third kappa shape index (κ3) is 3.56. The van der Waals surface area contributed by atoms with Crippen molar-refractivity contribution in [3.05, 3.63) is 29.3 Å². The smallest absolute Gasteiger partial charge is 0.223 e. The highest BCUT2D eigenvalue weighted by molar-refractivity contribution is 6.30. The van der Waals surface area contributed by atoms with Crippen molar-refractivity contribution in [2.24, 2.45) is 0 Å². The monoisotopic (exact) mass is 225 g/mol. The van der Waals surface area contributed by atoms with Crippen LogP contribution < -0.4 is 4.90 Å². The number of carbonyl (C=O) groups excluding carboxylic acids is 1. The minimum atomic E-state index is 0.0608. The van der Waals surface area contributed by atoms with Gasteiger partial charge in [-0.25, -0.2) is 0 Å². The SMILES string of the molecule is CCCCN(C(C)=O)c1cccc(Cl)c1. The summed E-state index contributed by atoms with van der Waals surface area (Å²) in [6.45, 7) is 4.44. The van der Waals surface area contributed by atoms with E-state index in [1.165, 1.54) is 0 Å². The second kappa shape index (κ2) is 5.76. The first kappa shape index (κ1) is 12.1. The lowest BCUT2D eigenvalue weighted by molar-refractivity contribution is -0.116. The molecule has 0 saturated carbocycles. The topological polar surface area (TPSA) is 20.3 Å². The van der Waals surface area contributed by atoms with Crippen molar-refractivity contribution in [3.8, 4) is 0 Å². The summed E-state index contributed by atoms with van der Waals surface area (Å²) < 4.78 is 0. The lowest BCUT2D eigenvalue weighted by Crippen LogP contribution is -2.29. The van der Waals surface area contributed by atoms with Gasteiger partial charge in [0.1, 0.15) is 0 Å². The van der Waals surface area contributed by atoms with Crippen LogP contribution >= 0.6 is 11.6 Å². The van der Waals surface area contributed by atoms with Crippen molar-refractivity contribution in [1.29, 1.82) is 0 Å². The van der Waals surface area contributed by atoms with Crippen LogP contribution in [0, 0.1) is 0 Å². The van der Waals surface area contributed by atoms with Crippen LogP contribution in [-0.2, 0) is 4.79 Å². The van der Waals surface area contributed by atoms with Crippen LogP contribution in [0.4, 0.5) is 5.69 Å². The minimum absolute atomic E-state index is 0.0608. The van der Waals surface area contributed by atoms with Gasteiger partial charge in [-0.3, -0.25) is 4.79 Å². The van der Waals surface area contributed by atoms with E-state index in [0.29, 0.717) is 5.02 Å². The number of carbonyl (C=O) groups is 1. The Balaban J connectivity index is 2.84.